The molecule has 0 aromatic rings. The molecule has 17 heavy (non-hydrogen) atoms. The molecule has 0 saturated heterocycles. The lowest BCUT2D eigenvalue weighted by Gasteiger charge is -2.25. The summed E-state index contributed by atoms with van der Waals surface area (Å²) in [6, 6.07) is 0. The lowest BCUT2D eigenvalue weighted by Crippen LogP contribution is -2.32. The first-order valence-corrected chi connectivity index (χ1v) is 6.73. The molecule has 0 aromatic heterocycles. The van der Waals surface area contributed by atoms with Crippen LogP contribution in [-0.2, 0) is 14.3 Å². The highest BCUT2D eigenvalue weighted by atomic mass is 16.6. The summed E-state index contributed by atoms with van der Waals surface area (Å²) in [4.78, 5) is 11.7. The van der Waals surface area contributed by atoms with Crippen molar-refractivity contribution in [1.82, 2.24) is 0 Å². The normalized spacial score (nSPS) is 20.0. The summed E-state index contributed by atoms with van der Waals surface area (Å²) < 4.78 is 10.9. The van der Waals surface area contributed by atoms with Crippen molar-refractivity contribution in [1.29, 1.82) is 0 Å². The van der Waals surface area contributed by atoms with Gasteiger partial charge in [0.2, 0.25) is 0 Å². The number of rotatable bonds is 4. The Hall–Kier alpha value is -0.570. The van der Waals surface area contributed by atoms with Gasteiger partial charge in [-0.15, -0.1) is 0 Å². The summed E-state index contributed by atoms with van der Waals surface area (Å²) in [6.07, 6.45) is 5.97. The van der Waals surface area contributed by atoms with Crippen LogP contribution in [0.25, 0.3) is 0 Å². The molecular weight excluding hydrogens is 216 g/mol. The first-order chi connectivity index (χ1) is 7.88. The van der Waals surface area contributed by atoms with Crippen LogP contribution in [0.5, 0.6) is 0 Å². The molecule has 0 bridgehead atoms. The van der Waals surface area contributed by atoms with Gasteiger partial charge in [0.1, 0.15) is 5.60 Å². The van der Waals surface area contributed by atoms with E-state index in [4.69, 9.17) is 9.47 Å². The Morgan fingerprint density at radius 2 is 1.82 bits per heavy atom. The van der Waals surface area contributed by atoms with Crippen LogP contribution < -0.4 is 0 Å². The fourth-order valence-electron chi connectivity index (χ4n) is 2.09. The molecule has 0 radical (unpaired) electrons. The Morgan fingerprint density at radius 1 is 1.24 bits per heavy atom. The van der Waals surface area contributed by atoms with Crippen molar-refractivity contribution in [3.05, 3.63) is 0 Å². The van der Waals surface area contributed by atoms with Crippen molar-refractivity contribution >= 4 is 5.97 Å². The Kier molecular flexibility index (Phi) is 5.44. The van der Waals surface area contributed by atoms with Crippen molar-refractivity contribution in [2.75, 3.05) is 6.61 Å². The smallest absolute Gasteiger partial charge is 0.335 e. The Morgan fingerprint density at radius 3 is 2.35 bits per heavy atom. The largest absolute Gasteiger partial charge is 0.458 e. The van der Waals surface area contributed by atoms with Crippen molar-refractivity contribution in [3.8, 4) is 0 Å². The average Bonchev–Trinajstić information content (AvgIpc) is 2.25. The maximum Gasteiger partial charge on any atom is 0.335 e. The fourth-order valence-corrected chi connectivity index (χ4v) is 2.09. The second-order valence-electron chi connectivity index (χ2n) is 6.01. The number of carbonyl (C=O) groups excluding carboxylic acids is 1. The number of esters is 1. The number of hydrogen-bond donors (Lipinski definition) is 0. The lowest BCUT2D eigenvalue weighted by molar-refractivity contribution is -0.168. The summed E-state index contributed by atoms with van der Waals surface area (Å²) in [5, 5.41) is 0. The minimum atomic E-state index is -0.448. The van der Waals surface area contributed by atoms with Crippen LogP contribution in [0.4, 0.5) is 0 Å². The highest BCUT2D eigenvalue weighted by Crippen LogP contribution is 2.24. The fraction of sp³-hybridized carbons (Fsp3) is 0.929. The minimum absolute atomic E-state index is 0.256. The second-order valence-corrected chi connectivity index (χ2v) is 6.01. The summed E-state index contributed by atoms with van der Waals surface area (Å²) in [5.74, 6) is 0.377. The van der Waals surface area contributed by atoms with Gasteiger partial charge in [-0.3, -0.25) is 0 Å². The van der Waals surface area contributed by atoms with E-state index in [0.29, 0.717) is 12.5 Å². The molecule has 0 aromatic carbocycles. The van der Waals surface area contributed by atoms with Crippen molar-refractivity contribution in [3.63, 3.8) is 0 Å². The molecule has 1 rings (SSSR count). The first kappa shape index (κ1) is 14.5. The van der Waals surface area contributed by atoms with Gasteiger partial charge in [0.25, 0.3) is 0 Å². The van der Waals surface area contributed by atoms with Gasteiger partial charge in [0, 0.05) is 0 Å². The van der Waals surface area contributed by atoms with Gasteiger partial charge in [-0.2, -0.15) is 0 Å². The van der Waals surface area contributed by atoms with Crippen LogP contribution in [0.15, 0.2) is 0 Å². The van der Waals surface area contributed by atoms with Gasteiger partial charge >= 0.3 is 5.97 Å². The van der Waals surface area contributed by atoms with Gasteiger partial charge in [-0.1, -0.05) is 19.3 Å². The zero-order valence-corrected chi connectivity index (χ0v) is 11.6. The third-order valence-corrected chi connectivity index (χ3v) is 3.05. The summed E-state index contributed by atoms with van der Waals surface area (Å²) in [7, 11) is 0. The lowest BCUT2D eigenvalue weighted by atomic mass is 9.90. The molecule has 1 saturated carbocycles. The minimum Gasteiger partial charge on any atom is -0.458 e. The Balaban J connectivity index is 2.23. The van der Waals surface area contributed by atoms with E-state index in [2.05, 4.69) is 0 Å². The van der Waals surface area contributed by atoms with E-state index in [1.165, 1.54) is 32.1 Å². The molecular formula is C14H26O3. The van der Waals surface area contributed by atoms with E-state index in [1.54, 1.807) is 6.92 Å². The maximum atomic E-state index is 11.7. The van der Waals surface area contributed by atoms with Gasteiger partial charge in [-0.25, -0.2) is 4.79 Å². The molecule has 0 amide bonds. The number of ether oxygens (including phenoxy) is 2. The van der Waals surface area contributed by atoms with Gasteiger partial charge in [-0.05, 0) is 46.5 Å². The Labute approximate surface area is 105 Å². The molecule has 1 aliphatic rings. The van der Waals surface area contributed by atoms with E-state index in [-0.39, 0.29) is 5.97 Å². The first-order valence-electron chi connectivity index (χ1n) is 6.73. The van der Waals surface area contributed by atoms with Crippen LogP contribution in [0.1, 0.15) is 59.8 Å². The predicted octanol–water partition coefficient (Wildman–Crippen LogP) is 3.31. The molecule has 1 aliphatic carbocycles. The highest BCUT2D eigenvalue weighted by molar-refractivity contribution is 5.74. The molecule has 1 atom stereocenters. The van der Waals surface area contributed by atoms with Crippen molar-refractivity contribution in [2.24, 2.45) is 5.92 Å². The van der Waals surface area contributed by atoms with Crippen molar-refractivity contribution < 1.29 is 14.3 Å². The Bertz CT molecular complexity index is 236. The van der Waals surface area contributed by atoms with Gasteiger partial charge < -0.3 is 9.47 Å². The van der Waals surface area contributed by atoms with E-state index in [9.17, 15) is 4.79 Å². The highest BCUT2D eigenvalue weighted by Gasteiger charge is 2.23. The molecule has 1 unspecified atom stereocenters. The number of carbonyl (C=O) groups is 1. The van der Waals surface area contributed by atoms with Gasteiger partial charge in [0.05, 0.1) is 6.61 Å². The van der Waals surface area contributed by atoms with E-state index < -0.39 is 11.7 Å². The van der Waals surface area contributed by atoms with Crippen LogP contribution in [-0.4, -0.2) is 24.3 Å². The SMILES string of the molecule is CC(OCC1CCCCC1)C(=O)OC(C)(C)C. The molecule has 0 N–H and O–H groups in total. The molecule has 0 spiro atoms. The maximum absolute atomic E-state index is 11.7. The standard InChI is InChI=1S/C14H26O3/c1-11(13(15)17-14(2,3)4)16-10-12-8-6-5-7-9-12/h11-12H,5-10H2,1-4H3. The van der Waals surface area contributed by atoms with E-state index in [1.807, 2.05) is 20.8 Å². The van der Waals surface area contributed by atoms with Crippen LogP contribution >= 0.6 is 0 Å². The van der Waals surface area contributed by atoms with Crippen molar-refractivity contribution in [2.45, 2.75) is 71.5 Å². The predicted molar refractivity (Wildman–Crippen MR) is 67.8 cm³/mol. The second kappa shape index (κ2) is 6.39. The molecule has 0 aliphatic heterocycles. The zero-order valence-electron chi connectivity index (χ0n) is 11.6. The number of hydrogen-bond acceptors (Lipinski definition) is 3. The molecule has 3 nitrogen and oxygen atoms in total. The average molecular weight is 242 g/mol. The van der Waals surface area contributed by atoms with E-state index >= 15 is 0 Å². The molecule has 100 valence electrons. The van der Waals surface area contributed by atoms with Crippen LogP contribution in [0, 0.1) is 5.92 Å². The third kappa shape index (κ3) is 6.06. The third-order valence-electron chi connectivity index (χ3n) is 3.05. The molecule has 3 heteroatoms. The quantitative estimate of drug-likeness (QED) is 0.709. The molecule has 0 heterocycles. The van der Waals surface area contributed by atoms with E-state index in [0.717, 1.165) is 0 Å². The summed E-state index contributed by atoms with van der Waals surface area (Å²) in [5.41, 5.74) is -0.431. The monoisotopic (exact) mass is 242 g/mol. The topological polar surface area (TPSA) is 35.5 Å². The summed E-state index contributed by atoms with van der Waals surface area (Å²) in [6.45, 7) is 8.09. The van der Waals surface area contributed by atoms with Crippen LogP contribution in [0.3, 0.4) is 0 Å². The molecule has 1 fully saturated rings. The van der Waals surface area contributed by atoms with Gasteiger partial charge in [0.15, 0.2) is 6.10 Å². The van der Waals surface area contributed by atoms with Crippen LogP contribution in [0.2, 0.25) is 0 Å². The summed E-state index contributed by atoms with van der Waals surface area (Å²) >= 11 is 0. The zero-order chi connectivity index (χ0) is 12.9.